The topological polar surface area (TPSA) is 49.4 Å². The van der Waals surface area contributed by atoms with Gasteiger partial charge in [0, 0.05) is 23.1 Å². The van der Waals surface area contributed by atoms with E-state index in [1.807, 2.05) is 16.7 Å². The first kappa shape index (κ1) is 13.2. The molecule has 2 fully saturated rings. The van der Waals surface area contributed by atoms with Crippen LogP contribution in [-0.4, -0.2) is 41.6 Å². The predicted octanol–water partition coefficient (Wildman–Crippen LogP) is 1.61. The maximum absolute atomic E-state index is 12.3. The van der Waals surface area contributed by atoms with E-state index in [1.54, 1.807) is 0 Å². The standard InChI is InChI=1S/C16H18N2O2S/c19-14-7-17-16(20)15(10-5-6-10)18(14)8-11-9-21-13-4-2-1-3-12(11)13/h1-4,10-11,15H,5-9H2,(H,17,20). The van der Waals surface area contributed by atoms with Crippen LogP contribution >= 0.6 is 11.8 Å². The van der Waals surface area contributed by atoms with Crippen LogP contribution in [0.1, 0.15) is 24.3 Å². The molecule has 110 valence electrons. The Morgan fingerprint density at radius 2 is 2.05 bits per heavy atom. The van der Waals surface area contributed by atoms with E-state index < -0.39 is 0 Å². The number of nitrogens with zero attached hydrogens (tertiary/aromatic N) is 1. The lowest BCUT2D eigenvalue weighted by molar-refractivity contribution is -0.146. The maximum atomic E-state index is 12.3. The monoisotopic (exact) mass is 302 g/mol. The number of carbonyl (C=O) groups is 2. The predicted molar refractivity (Wildman–Crippen MR) is 81.1 cm³/mol. The number of hydrogen-bond donors (Lipinski definition) is 1. The van der Waals surface area contributed by atoms with Crippen LogP contribution in [-0.2, 0) is 9.59 Å². The van der Waals surface area contributed by atoms with E-state index in [-0.39, 0.29) is 24.4 Å². The minimum atomic E-state index is -0.232. The zero-order chi connectivity index (χ0) is 14.4. The van der Waals surface area contributed by atoms with Gasteiger partial charge in [-0.2, -0.15) is 0 Å². The Hall–Kier alpha value is -1.49. The van der Waals surface area contributed by atoms with Gasteiger partial charge in [0.2, 0.25) is 11.8 Å². The lowest BCUT2D eigenvalue weighted by Gasteiger charge is -2.36. The van der Waals surface area contributed by atoms with Crippen molar-refractivity contribution in [2.45, 2.75) is 29.7 Å². The van der Waals surface area contributed by atoms with Crippen LogP contribution in [0.5, 0.6) is 0 Å². The first-order valence-corrected chi connectivity index (χ1v) is 8.51. The summed E-state index contributed by atoms with van der Waals surface area (Å²) in [5.74, 6) is 1.83. The van der Waals surface area contributed by atoms with Crippen molar-refractivity contribution < 1.29 is 9.59 Å². The number of benzene rings is 1. The van der Waals surface area contributed by atoms with Gasteiger partial charge in [-0.1, -0.05) is 18.2 Å². The molecule has 3 aliphatic rings. The Morgan fingerprint density at radius 1 is 1.24 bits per heavy atom. The second kappa shape index (κ2) is 5.05. The van der Waals surface area contributed by atoms with E-state index >= 15 is 0 Å². The van der Waals surface area contributed by atoms with Gasteiger partial charge in [0.05, 0.1) is 6.54 Å². The van der Waals surface area contributed by atoms with Gasteiger partial charge < -0.3 is 10.2 Å². The zero-order valence-corrected chi connectivity index (χ0v) is 12.6. The largest absolute Gasteiger partial charge is 0.345 e. The normalized spacial score (nSPS) is 28.5. The second-order valence-electron chi connectivity index (χ2n) is 6.09. The number of thioether (sulfide) groups is 1. The van der Waals surface area contributed by atoms with E-state index in [2.05, 4.69) is 29.6 Å². The van der Waals surface area contributed by atoms with Crippen molar-refractivity contribution in [3.8, 4) is 0 Å². The van der Waals surface area contributed by atoms with Crippen molar-refractivity contribution >= 4 is 23.6 Å². The van der Waals surface area contributed by atoms with Crippen molar-refractivity contribution in [1.29, 1.82) is 0 Å². The maximum Gasteiger partial charge on any atom is 0.243 e. The molecule has 0 radical (unpaired) electrons. The molecule has 4 nitrogen and oxygen atoms in total. The van der Waals surface area contributed by atoms with Gasteiger partial charge in [0.1, 0.15) is 6.04 Å². The molecule has 2 atom stereocenters. The molecule has 4 rings (SSSR count). The van der Waals surface area contributed by atoms with Gasteiger partial charge >= 0.3 is 0 Å². The average molecular weight is 302 g/mol. The molecule has 2 amide bonds. The number of amides is 2. The number of fused-ring (bicyclic) bond motifs is 1. The molecular formula is C16H18N2O2S. The quantitative estimate of drug-likeness (QED) is 0.923. The lowest BCUT2D eigenvalue weighted by Crippen LogP contribution is -2.60. The van der Waals surface area contributed by atoms with E-state index in [9.17, 15) is 9.59 Å². The third-order valence-electron chi connectivity index (χ3n) is 4.62. The summed E-state index contributed by atoms with van der Waals surface area (Å²) in [5, 5.41) is 2.74. The van der Waals surface area contributed by atoms with E-state index in [0.717, 1.165) is 18.6 Å². The summed E-state index contributed by atoms with van der Waals surface area (Å²) in [5.41, 5.74) is 1.33. The Kier molecular flexibility index (Phi) is 3.17. The van der Waals surface area contributed by atoms with Crippen LogP contribution in [0.25, 0.3) is 0 Å². The third-order valence-corrected chi connectivity index (χ3v) is 5.87. The fraction of sp³-hybridized carbons (Fsp3) is 0.500. The fourth-order valence-corrected chi connectivity index (χ4v) is 4.62. The molecular weight excluding hydrogens is 284 g/mol. The molecule has 1 N–H and O–H groups in total. The summed E-state index contributed by atoms with van der Waals surface area (Å²) in [7, 11) is 0. The number of carbonyl (C=O) groups excluding carboxylic acids is 2. The van der Waals surface area contributed by atoms with Gasteiger partial charge in [-0.15, -0.1) is 11.8 Å². The molecule has 5 heteroatoms. The molecule has 0 bridgehead atoms. The average Bonchev–Trinajstić information content (AvgIpc) is 3.24. The fourth-order valence-electron chi connectivity index (χ4n) is 3.38. The van der Waals surface area contributed by atoms with Gasteiger partial charge in [-0.25, -0.2) is 0 Å². The third kappa shape index (κ3) is 2.33. The van der Waals surface area contributed by atoms with Crippen LogP contribution in [0.15, 0.2) is 29.2 Å². The lowest BCUT2D eigenvalue weighted by atomic mass is 9.98. The molecule has 2 aliphatic heterocycles. The SMILES string of the molecule is O=C1NCC(=O)N(CC2CSc3ccccc32)C1C1CC1. The molecule has 21 heavy (non-hydrogen) atoms. The van der Waals surface area contributed by atoms with Gasteiger partial charge in [0.15, 0.2) is 0 Å². The second-order valence-corrected chi connectivity index (χ2v) is 7.15. The van der Waals surface area contributed by atoms with Crippen LogP contribution in [0.4, 0.5) is 0 Å². The number of piperazine rings is 1. The van der Waals surface area contributed by atoms with Crippen LogP contribution in [0.2, 0.25) is 0 Å². The first-order chi connectivity index (χ1) is 10.2. The van der Waals surface area contributed by atoms with E-state index in [4.69, 9.17) is 0 Å². The van der Waals surface area contributed by atoms with E-state index in [0.29, 0.717) is 18.4 Å². The van der Waals surface area contributed by atoms with Crippen molar-refractivity contribution in [3.63, 3.8) is 0 Å². The van der Waals surface area contributed by atoms with Gasteiger partial charge in [0.25, 0.3) is 0 Å². The van der Waals surface area contributed by atoms with Crippen molar-refractivity contribution in [3.05, 3.63) is 29.8 Å². The Labute approximate surface area is 128 Å². The molecule has 2 unspecified atom stereocenters. The summed E-state index contributed by atoms with van der Waals surface area (Å²) in [6.07, 6.45) is 2.13. The number of rotatable bonds is 3. The Balaban J connectivity index is 1.57. The highest BCUT2D eigenvalue weighted by Crippen LogP contribution is 2.42. The van der Waals surface area contributed by atoms with Gasteiger partial charge in [-0.3, -0.25) is 9.59 Å². The molecule has 0 aromatic heterocycles. The highest BCUT2D eigenvalue weighted by atomic mass is 32.2. The first-order valence-electron chi connectivity index (χ1n) is 7.53. The van der Waals surface area contributed by atoms with Gasteiger partial charge in [-0.05, 0) is 30.4 Å². The zero-order valence-electron chi connectivity index (χ0n) is 11.7. The summed E-state index contributed by atoms with van der Waals surface area (Å²) < 4.78 is 0. The Bertz CT molecular complexity index is 600. The minimum Gasteiger partial charge on any atom is -0.345 e. The summed E-state index contributed by atoms with van der Waals surface area (Å²) in [6.45, 7) is 0.834. The molecule has 0 spiro atoms. The summed E-state index contributed by atoms with van der Waals surface area (Å²) >= 11 is 1.85. The number of nitrogens with one attached hydrogen (secondary N) is 1. The molecule has 1 aromatic carbocycles. The Morgan fingerprint density at radius 3 is 2.86 bits per heavy atom. The summed E-state index contributed by atoms with van der Waals surface area (Å²) in [6, 6.07) is 8.18. The van der Waals surface area contributed by atoms with Crippen molar-refractivity contribution in [2.24, 2.45) is 5.92 Å². The molecule has 1 saturated carbocycles. The highest BCUT2D eigenvalue weighted by Gasteiger charge is 2.45. The van der Waals surface area contributed by atoms with Crippen LogP contribution in [0.3, 0.4) is 0 Å². The van der Waals surface area contributed by atoms with E-state index in [1.165, 1.54) is 10.5 Å². The van der Waals surface area contributed by atoms with Crippen LogP contribution in [0, 0.1) is 5.92 Å². The number of hydrogen-bond acceptors (Lipinski definition) is 3. The molecule has 2 heterocycles. The molecule has 1 saturated heterocycles. The van der Waals surface area contributed by atoms with Crippen molar-refractivity contribution in [1.82, 2.24) is 10.2 Å². The summed E-state index contributed by atoms with van der Waals surface area (Å²) in [4.78, 5) is 27.6. The van der Waals surface area contributed by atoms with Crippen LogP contribution < -0.4 is 5.32 Å². The smallest absolute Gasteiger partial charge is 0.243 e. The van der Waals surface area contributed by atoms with Crippen molar-refractivity contribution in [2.75, 3.05) is 18.8 Å². The molecule has 1 aromatic rings. The molecule has 1 aliphatic carbocycles. The highest BCUT2D eigenvalue weighted by molar-refractivity contribution is 7.99. The minimum absolute atomic E-state index is 0.0380.